The third kappa shape index (κ3) is 3.64. The molecule has 0 saturated heterocycles. The zero-order chi connectivity index (χ0) is 13.8. The van der Waals surface area contributed by atoms with Crippen molar-refractivity contribution in [2.45, 2.75) is 58.2 Å². The molecule has 1 aromatic rings. The minimum Gasteiger partial charge on any atom is -0.490 e. The van der Waals surface area contributed by atoms with Crippen LogP contribution in [0.1, 0.15) is 57.6 Å². The first-order chi connectivity index (χ1) is 9.11. The first-order valence-corrected chi connectivity index (χ1v) is 7.63. The van der Waals surface area contributed by atoms with Crippen molar-refractivity contribution in [1.82, 2.24) is 0 Å². The molecule has 2 rings (SSSR count). The number of halogens is 1. The Labute approximate surface area is 120 Å². The van der Waals surface area contributed by atoms with Crippen LogP contribution >= 0.6 is 11.6 Å². The summed E-state index contributed by atoms with van der Waals surface area (Å²) < 4.78 is 6.19. The number of aliphatic hydroxyl groups excluding tert-OH is 1. The van der Waals surface area contributed by atoms with Crippen LogP contribution in [0.2, 0.25) is 5.02 Å². The van der Waals surface area contributed by atoms with Crippen LogP contribution in [0.3, 0.4) is 0 Å². The molecule has 0 aromatic heterocycles. The molecule has 2 nitrogen and oxygen atoms in total. The molecule has 0 heterocycles. The third-order valence-electron chi connectivity index (χ3n) is 4.06. The van der Waals surface area contributed by atoms with Crippen LogP contribution in [0, 0.1) is 5.92 Å². The SMILES string of the molecule is CCC1CCCCC1Oc1ccc(Cl)cc1[C@@H](C)O. The van der Waals surface area contributed by atoms with Crippen LogP contribution in [0.15, 0.2) is 18.2 Å². The van der Waals surface area contributed by atoms with E-state index >= 15 is 0 Å². The quantitative estimate of drug-likeness (QED) is 0.864. The fourth-order valence-electron chi connectivity index (χ4n) is 2.91. The lowest BCUT2D eigenvalue weighted by Crippen LogP contribution is -2.30. The van der Waals surface area contributed by atoms with Crippen molar-refractivity contribution in [3.63, 3.8) is 0 Å². The molecule has 106 valence electrons. The summed E-state index contributed by atoms with van der Waals surface area (Å²) in [5, 5.41) is 10.5. The smallest absolute Gasteiger partial charge is 0.125 e. The van der Waals surface area contributed by atoms with Gasteiger partial charge >= 0.3 is 0 Å². The molecule has 1 saturated carbocycles. The Kier molecular flexibility index (Phi) is 5.12. The average Bonchev–Trinajstić information content (AvgIpc) is 2.41. The third-order valence-corrected chi connectivity index (χ3v) is 4.30. The Morgan fingerprint density at radius 2 is 2.11 bits per heavy atom. The van der Waals surface area contributed by atoms with Gasteiger partial charge in [-0.05, 0) is 56.7 Å². The van der Waals surface area contributed by atoms with E-state index in [1.54, 1.807) is 13.0 Å². The molecule has 1 aromatic carbocycles. The summed E-state index contributed by atoms with van der Waals surface area (Å²) >= 11 is 5.99. The molecule has 0 aliphatic heterocycles. The Morgan fingerprint density at radius 3 is 2.79 bits per heavy atom. The van der Waals surface area contributed by atoms with Gasteiger partial charge in [-0.2, -0.15) is 0 Å². The molecule has 1 aliphatic rings. The minimum atomic E-state index is -0.558. The molecule has 2 unspecified atom stereocenters. The second-order valence-corrected chi connectivity index (χ2v) is 5.90. The summed E-state index contributed by atoms with van der Waals surface area (Å²) in [5.74, 6) is 1.41. The number of hydrogen-bond donors (Lipinski definition) is 1. The van der Waals surface area contributed by atoms with Crippen LogP contribution in [-0.2, 0) is 0 Å². The molecule has 0 spiro atoms. The van der Waals surface area contributed by atoms with Gasteiger partial charge in [0.25, 0.3) is 0 Å². The first kappa shape index (κ1) is 14.7. The van der Waals surface area contributed by atoms with E-state index in [-0.39, 0.29) is 6.10 Å². The summed E-state index contributed by atoms with van der Waals surface area (Å²) in [6.07, 6.45) is 5.78. The van der Waals surface area contributed by atoms with Gasteiger partial charge in [-0.3, -0.25) is 0 Å². The minimum absolute atomic E-state index is 0.275. The normalized spacial score (nSPS) is 25.1. The Morgan fingerprint density at radius 1 is 1.37 bits per heavy atom. The fraction of sp³-hybridized carbons (Fsp3) is 0.625. The van der Waals surface area contributed by atoms with Crippen molar-refractivity contribution in [3.8, 4) is 5.75 Å². The highest BCUT2D eigenvalue weighted by Crippen LogP contribution is 2.34. The second kappa shape index (κ2) is 6.62. The molecule has 1 aliphatic carbocycles. The standard InChI is InChI=1S/C16H23ClO2/c1-3-12-6-4-5-7-15(12)19-16-9-8-13(17)10-14(16)11(2)18/h8-12,15,18H,3-7H2,1-2H3/t11-,12?,15?/m1/s1. The number of rotatable bonds is 4. The zero-order valence-corrected chi connectivity index (χ0v) is 12.5. The Balaban J connectivity index is 2.17. The van der Waals surface area contributed by atoms with Crippen LogP contribution < -0.4 is 4.74 Å². The van der Waals surface area contributed by atoms with E-state index in [4.69, 9.17) is 16.3 Å². The highest BCUT2D eigenvalue weighted by molar-refractivity contribution is 6.30. The van der Waals surface area contributed by atoms with Crippen molar-refractivity contribution in [2.24, 2.45) is 5.92 Å². The van der Waals surface area contributed by atoms with Gasteiger partial charge in [0.15, 0.2) is 0 Å². The van der Waals surface area contributed by atoms with Gasteiger partial charge in [0.2, 0.25) is 0 Å². The Hall–Kier alpha value is -0.730. The highest BCUT2D eigenvalue weighted by Gasteiger charge is 2.26. The van der Waals surface area contributed by atoms with Crippen LogP contribution in [0.25, 0.3) is 0 Å². The van der Waals surface area contributed by atoms with Gasteiger partial charge in [0.05, 0.1) is 6.10 Å². The average molecular weight is 283 g/mol. The van der Waals surface area contributed by atoms with Gasteiger partial charge in [-0.25, -0.2) is 0 Å². The van der Waals surface area contributed by atoms with Crippen molar-refractivity contribution in [1.29, 1.82) is 0 Å². The van der Waals surface area contributed by atoms with Gasteiger partial charge < -0.3 is 9.84 Å². The van der Waals surface area contributed by atoms with Crippen molar-refractivity contribution < 1.29 is 9.84 Å². The highest BCUT2D eigenvalue weighted by atomic mass is 35.5. The topological polar surface area (TPSA) is 29.5 Å². The summed E-state index contributed by atoms with van der Waals surface area (Å²) in [4.78, 5) is 0. The van der Waals surface area contributed by atoms with Gasteiger partial charge in [0.1, 0.15) is 11.9 Å². The van der Waals surface area contributed by atoms with E-state index in [2.05, 4.69) is 6.92 Å². The van der Waals surface area contributed by atoms with E-state index in [9.17, 15) is 5.11 Å². The van der Waals surface area contributed by atoms with Crippen molar-refractivity contribution in [2.75, 3.05) is 0 Å². The first-order valence-electron chi connectivity index (χ1n) is 7.26. The van der Waals surface area contributed by atoms with E-state index in [0.717, 1.165) is 24.2 Å². The van der Waals surface area contributed by atoms with Crippen LogP contribution in [0.5, 0.6) is 5.75 Å². The van der Waals surface area contributed by atoms with Gasteiger partial charge in [-0.1, -0.05) is 24.9 Å². The number of aliphatic hydroxyl groups is 1. The van der Waals surface area contributed by atoms with Gasteiger partial charge in [-0.15, -0.1) is 0 Å². The number of benzene rings is 1. The number of ether oxygens (including phenoxy) is 1. The molecular formula is C16H23ClO2. The maximum Gasteiger partial charge on any atom is 0.125 e. The van der Waals surface area contributed by atoms with Crippen molar-refractivity contribution in [3.05, 3.63) is 28.8 Å². The van der Waals surface area contributed by atoms with Crippen LogP contribution in [-0.4, -0.2) is 11.2 Å². The molecule has 1 fully saturated rings. The molecule has 0 bridgehead atoms. The van der Waals surface area contributed by atoms with Crippen molar-refractivity contribution >= 4 is 11.6 Å². The summed E-state index contributed by atoms with van der Waals surface area (Å²) in [5.41, 5.74) is 0.785. The summed E-state index contributed by atoms with van der Waals surface area (Å²) in [7, 11) is 0. The number of hydrogen-bond acceptors (Lipinski definition) is 2. The maximum absolute atomic E-state index is 9.84. The lowest BCUT2D eigenvalue weighted by molar-refractivity contribution is 0.0855. The molecule has 3 heteroatoms. The predicted molar refractivity (Wildman–Crippen MR) is 78.8 cm³/mol. The monoisotopic (exact) mass is 282 g/mol. The largest absolute Gasteiger partial charge is 0.490 e. The zero-order valence-electron chi connectivity index (χ0n) is 11.7. The Bertz CT molecular complexity index is 417. The van der Waals surface area contributed by atoms with E-state index < -0.39 is 6.10 Å². The molecule has 1 N–H and O–H groups in total. The fourth-order valence-corrected chi connectivity index (χ4v) is 3.09. The predicted octanol–water partition coefficient (Wildman–Crippen LogP) is 4.74. The summed E-state index contributed by atoms with van der Waals surface area (Å²) in [6.45, 7) is 3.97. The van der Waals surface area contributed by atoms with E-state index in [1.807, 2.05) is 12.1 Å². The van der Waals surface area contributed by atoms with Crippen LogP contribution in [0.4, 0.5) is 0 Å². The maximum atomic E-state index is 9.84. The summed E-state index contributed by atoms with van der Waals surface area (Å²) in [6, 6.07) is 5.50. The molecule has 3 atom stereocenters. The lowest BCUT2D eigenvalue weighted by atomic mass is 9.84. The lowest BCUT2D eigenvalue weighted by Gasteiger charge is -2.32. The second-order valence-electron chi connectivity index (χ2n) is 5.47. The van der Waals surface area contributed by atoms with Gasteiger partial charge in [0, 0.05) is 10.6 Å². The van der Waals surface area contributed by atoms with E-state index in [0.29, 0.717) is 10.9 Å². The molecular weight excluding hydrogens is 260 g/mol. The molecule has 19 heavy (non-hydrogen) atoms. The molecule has 0 radical (unpaired) electrons. The van der Waals surface area contributed by atoms with E-state index in [1.165, 1.54) is 19.3 Å². The molecule has 0 amide bonds.